The average molecular weight is 202 g/mol. The molecule has 1 N–H and O–H groups in total. The summed E-state index contributed by atoms with van der Waals surface area (Å²) in [6.07, 6.45) is 0. The molecule has 13 heavy (non-hydrogen) atoms. The fraction of sp³-hybridized carbons (Fsp3) is 0.571. The first kappa shape index (κ1) is 10.1. The number of aromatic nitrogens is 2. The number of nitrogens with zero attached hydrogens (tertiary/aromatic N) is 2. The molecule has 1 aromatic rings. The summed E-state index contributed by atoms with van der Waals surface area (Å²) in [6.45, 7) is 3.16. The summed E-state index contributed by atoms with van der Waals surface area (Å²) in [5.41, 5.74) is -1.38. The van der Waals surface area contributed by atoms with E-state index >= 15 is 0 Å². The number of aliphatic carboxylic acids is 1. The van der Waals surface area contributed by atoms with Crippen LogP contribution in [0, 0.1) is 6.92 Å². The number of carboxylic acids is 1. The number of carboxylic acid groups (broad SMARTS) is 1. The average Bonchev–Trinajstić information content (AvgIpc) is 2.50. The van der Waals surface area contributed by atoms with Gasteiger partial charge in [0.25, 0.3) is 0 Å². The summed E-state index contributed by atoms with van der Waals surface area (Å²) in [5, 5.41) is 9.27. The minimum absolute atomic E-state index is 0.361. The van der Waals surface area contributed by atoms with Gasteiger partial charge in [-0.1, -0.05) is 0 Å². The molecule has 0 fully saturated rings. The predicted octanol–water partition coefficient (Wildman–Crippen LogP) is 0.793. The number of rotatable bonds is 3. The normalized spacial score (nSPS) is 15.3. The van der Waals surface area contributed by atoms with Crippen LogP contribution in [-0.4, -0.2) is 27.5 Å². The Morgan fingerprint density at radius 2 is 2.31 bits per heavy atom. The highest BCUT2D eigenvalue weighted by molar-refractivity contribution is 7.05. The summed E-state index contributed by atoms with van der Waals surface area (Å²) in [6, 6.07) is 0. The number of carbonyl (C=O) groups is 1. The number of ether oxygens (including phenoxy) is 1. The zero-order valence-electron chi connectivity index (χ0n) is 7.57. The van der Waals surface area contributed by atoms with E-state index in [9.17, 15) is 4.79 Å². The summed E-state index contributed by atoms with van der Waals surface area (Å²) < 4.78 is 8.81. The minimum Gasteiger partial charge on any atom is -0.479 e. The van der Waals surface area contributed by atoms with Gasteiger partial charge in [-0.2, -0.15) is 4.37 Å². The molecule has 5 nitrogen and oxygen atoms in total. The molecule has 1 heterocycles. The van der Waals surface area contributed by atoms with E-state index in [1.165, 1.54) is 14.0 Å². The number of hydrogen-bond acceptors (Lipinski definition) is 5. The first-order chi connectivity index (χ1) is 6.00. The van der Waals surface area contributed by atoms with Crippen LogP contribution in [0.2, 0.25) is 0 Å². The van der Waals surface area contributed by atoms with E-state index in [-0.39, 0.29) is 0 Å². The van der Waals surface area contributed by atoms with Gasteiger partial charge >= 0.3 is 5.97 Å². The molecule has 72 valence electrons. The highest BCUT2D eigenvalue weighted by Crippen LogP contribution is 2.26. The molecule has 0 radical (unpaired) electrons. The highest BCUT2D eigenvalue weighted by atomic mass is 32.1. The van der Waals surface area contributed by atoms with Crippen molar-refractivity contribution >= 4 is 17.5 Å². The van der Waals surface area contributed by atoms with Crippen molar-refractivity contribution in [3.8, 4) is 0 Å². The summed E-state index contributed by atoms with van der Waals surface area (Å²) in [4.78, 5) is 14.9. The summed E-state index contributed by atoms with van der Waals surface area (Å²) in [7, 11) is 1.34. The Labute approximate surface area is 79.5 Å². The zero-order valence-corrected chi connectivity index (χ0v) is 8.38. The van der Waals surface area contributed by atoms with E-state index in [0.717, 1.165) is 11.5 Å². The monoisotopic (exact) mass is 202 g/mol. The van der Waals surface area contributed by atoms with Gasteiger partial charge in [0, 0.05) is 7.11 Å². The molecule has 1 rings (SSSR count). The first-order valence-corrected chi connectivity index (χ1v) is 4.37. The van der Waals surface area contributed by atoms with Crippen molar-refractivity contribution in [3.05, 3.63) is 10.8 Å². The second-order valence-electron chi connectivity index (χ2n) is 2.69. The van der Waals surface area contributed by atoms with Crippen LogP contribution in [0.25, 0.3) is 0 Å². The Bertz CT molecular complexity index is 325. The molecular formula is C7H10N2O3S. The van der Waals surface area contributed by atoms with Crippen molar-refractivity contribution in [1.29, 1.82) is 0 Å². The Morgan fingerprint density at radius 3 is 2.62 bits per heavy atom. The molecule has 0 aliphatic carbocycles. The van der Waals surface area contributed by atoms with Crippen LogP contribution >= 0.6 is 11.5 Å². The number of methoxy groups -OCH3 is 1. The van der Waals surface area contributed by atoms with Crippen molar-refractivity contribution in [2.24, 2.45) is 0 Å². The van der Waals surface area contributed by atoms with Gasteiger partial charge in [-0.05, 0) is 25.4 Å². The fourth-order valence-corrected chi connectivity index (χ4v) is 1.53. The van der Waals surface area contributed by atoms with Gasteiger partial charge in [-0.3, -0.25) is 0 Å². The predicted molar refractivity (Wildman–Crippen MR) is 46.6 cm³/mol. The Balaban J connectivity index is 3.09. The van der Waals surface area contributed by atoms with Crippen molar-refractivity contribution in [2.75, 3.05) is 7.11 Å². The molecular weight excluding hydrogens is 192 g/mol. The summed E-state index contributed by atoms with van der Waals surface area (Å²) in [5.74, 6) is -0.504. The largest absolute Gasteiger partial charge is 0.479 e. The molecule has 0 aliphatic rings. The van der Waals surface area contributed by atoms with E-state index in [1.54, 1.807) is 6.92 Å². The van der Waals surface area contributed by atoms with Gasteiger partial charge < -0.3 is 9.84 Å². The second-order valence-corrected chi connectivity index (χ2v) is 3.44. The van der Waals surface area contributed by atoms with Crippen LogP contribution in [0.15, 0.2) is 0 Å². The van der Waals surface area contributed by atoms with Crippen molar-refractivity contribution in [3.63, 3.8) is 0 Å². The second kappa shape index (κ2) is 3.39. The number of hydrogen-bond donors (Lipinski definition) is 1. The molecule has 1 unspecified atom stereocenters. The molecule has 0 bridgehead atoms. The molecule has 0 aromatic carbocycles. The van der Waals surface area contributed by atoms with Gasteiger partial charge in [0.15, 0.2) is 5.01 Å². The third-order valence-electron chi connectivity index (χ3n) is 1.75. The molecule has 6 heteroatoms. The quantitative estimate of drug-likeness (QED) is 0.784. The number of aryl methyl sites for hydroxylation is 1. The fourth-order valence-electron chi connectivity index (χ4n) is 0.757. The maximum absolute atomic E-state index is 10.9. The van der Waals surface area contributed by atoms with Gasteiger partial charge in [0.05, 0.1) is 0 Å². The van der Waals surface area contributed by atoms with E-state index in [1.807, 2.05) is 0 Å². The summed E-state index contributed by atoms with van der Waals surface area (Å²) >= 11 is 1.04. The Hall–Kier alpha value is -1.01. The van der Waals surface area contributed by atoms with Gasteiger partial charge in [-0.15, -0.1) is 0 Å². The van der Waals surface area contributed by atoms with Crippen LogP contribution in [0.4, 0.5) is 0 Å². The molecule has 0 spiro atoms. The van der Waals surface area contributed by atoms with E-state index in [0.29, 0.717) is 10.8 Å². The SMILES string of the molecule is COC(C)(C(=O)O)c1nc(C)ns1. The maximum Gasteiger partial charge on any atom is 0.342 e. The van der Waals surface area contributed by atoms with E-state index in [4.69, 9.17) is 9.84 Å². The van der Waals surface area contributed by atoms with Gasteiger partial charge in [0.1, 0.15) is 5.82 Å². The Kier molecular flexibility index (Phi) is 2.63. The van der Waals surface area contributed by atoms with Gasteiger partial charge in [0.2, 0.25) is 5.60 Å². The Morgan fingerprint density at radius 1 is 1.69 bits per heavy atom. The lowest BCUT2D eigenvalue weighted by Gasteiger charge is -2.19. The lowest BCUT2D eigenvalue weighted by Crippen LogP contribution is -2.34. The van der Waals surface area contributed by atoms with Crippen LogP contribution in [0.1, 0.15) is 17.8 Å². The maximum atomic E-state index is 10.9. The third kappa shape index (κ3) is 1.68. The minimum atomic E-state index is -1.38. The van der Waals surface area contributed by atoms with Crippen molar-refractivity contribution in [2.45, 2.75) is 19.4 Å². The molecule has 0 saturated carbocycles. The van der Waals surface area contributed by atoms with E-state index < -0.39 is 11.6 Å². The van der Waals surface area contributed by atoms with Crippen molar-refractivity contribution in [1.82, 2.24) is 9.36 Å². The van der Waals surface area contributed by atoms with Crippen molar-refractivity contribution < 1.29 is 14.6 Å². The topological polar surface area (TPSA) is 72.3 Å². The third-order valence-corrected chi connectivity index (χ3v) is 2.76. The lowest BCUT2D eigenvalue weighted by atomic mass is 10.1. The first-order valence-electron chi connectivity index (χ1n) is 3.60. The van der Waals surface area contributed by atoms with Crippen LogP contribution < -0.4 is 0 Å². The highest BCUT2D eigenvalue weighted by Gasteiger charge is 2.38. The van der Waals surface area contributed by atoms with Crippen LogP contribution in [0.5, 0.6) is 0 Å². The molecule has 1 atom stereocenters. The van der Waals surface area contributed by atoms with E-state index in [2.05, 4.69) is 9.36 Å². The van der Waals surface area contributed by atoms with Crippen LogP contribution in [0.3, 0.4) is 0 Å². The lowest BCUT2D eigenvalue weighted by molar-refractivity contribution is -0.161. The van der Waals surface area contributed by atoms with Gasteiger partial charge in [-0.25, -0.2) is 9.78 Å². The molecule has 0 amide bonds. The zero-order chi connectivity index (χ0) is 10.1. The molecule has 0 saturated heterocycles. The molecule has 1 aromatic heterocycles. The van der Waals surface area contributed by atoms with Crippen LogP contribution in [-0.2, 0) is 15.1 Å². The smallest absolute Gasteiger partial charge is 0.342 e. The standard InChI is InChI=1S/C7H10N2O3S/c1-4-8-5(13-9-4)7(2,12-3)6(10)11/h1-3H3,(H,10,11). The molecule has 0 aliphatic heterocycles.